The maximum absolute atomic E-state index is 13.0. The fourth-order valence-corrected chi connectivity index (χ4v) is 3.40. The number of rotatable bonds is 6. The minimum atomic E-state index is -0.261. The molecule has 1 unspecified atom stereocenters. The zero-order valence-electron chi connectivity index (χ0n) is 16.6. The molecule has 1 heterocycles. The largest absolute Gasteiger partial charge is 0.488 e. The van der Waals surface area contributed by atoms with Crippen LogP contribution in [0, 0.1) is 0 Å². The number of fused-ring (bicyclic) bond motifs is 1. The predicted molar refractivity (Wildman–Crippen MR) is 116 cm³/mol. The minimum absolute atomic E-state index is 0.241. The molecule has 0 radical (unpaired) electrons. The molecule has 1 aliphatic rings. The molecule has 1 amide bonds. The number of ether oxygens (including phenoxy) is 3. The van der Waals surface area contributed by atoms with E-state index in [4.69, 9.17) is 25.8 Å². The van der Waals surface area contributed by atoms with Crippen LogP contribution in [0.2, 0.25) is 5.02 Å². The Hall–Kier alpha value is -3.18. The molecule has 0 spiro atoms. The molecule has 3 aromatic rings. The molecule has 1 atom stereocenters. The van der Waals surface area contributed by atoms with Gasteiger partial charge in [-0.15, -0.1) is 0 Å². The molecule has 0 bridgehead atoms. The average molecular weight is 424 g/mol. The van der Waals surface area contributed by atoms with E-state index < -0.39 is 0 Å². The van der Waals surface area contributed by atoms with Crippen molar-refractivity contribution in [3.8, 4) is 17.2 Å². The highest BCUT2D eigenvalue weighted by Crippen LogP contribution is 2.33. The van der Waals surface area contributed by atoms with Crippen LogP contribution in [0.3, 0.4) is 0 Å². The summed E-state index contributed by atoms with van der Waals surface area (Å²) in [5.41, 5.74) is 2.33. The van der Waals surface area contributed by atoms with E-state index in [9.17, 15) is 4.79 Å². The fourth-order valence-electron chi connectivity index (χ4n) is 3.23. The quantitative estimate of drug-likeness (QED) is 0.593. The van der Waals surface area contributed by atoms with E-state index in [2.05, 4.69) is 5.32 Å². The monoisotopic (exact) mass is 423 g/mol. The third-order valence-corrected chi connectivity index (χ3v) is 5.07. The van der Waals surface area contributed by atoms with Gasteiger partial charge >= 0.3 is 0 Å². The second kappa shape index (κ2) is 9.09. The van der Waals surface area contributed by atoms with Gasteiger partial charge in [-0.05, 0) is 48.4 Å². The first-order chi connectivity index (χ1) is 14.6. The highest BCUT2D eigenvalue weighted by atomic mass is 35.5. The highest BCUT2D eigenvalue weighted by molar-refractivity contribution is 6.31. The zero-order valence-corrected chi connectivity index (χ0v) is 17.3. The number of carbonyl (C=O) groups is 1. The van der Waals surface area contributed by atoms with E-state index >= 15 is 0 Å². The Balaban J connectivity index is 1.49. The lowest BCUT2D eigenvalue weighted by Gasteiger charge is -2.21. The first-order valence-corrected chi connectivity index (χ1v) is 10.1. The van der Waals surface area contributed by atoms with Gasteiger partial charge in [0.25, 0.3) is 5.91 Å². The number of hydrogen-bond donors (Lipinski definition) is 1. The standard InChI is InChI=1S/C24H22ClNO4/c1-16(18-7-9-22-23(13-18)29-12-11-28-22)26-24(27)20-14-19(25)8-10-21(20)30-15-17-5-3-2-4-6-17/h2-10,13-14,16H,11-12,15H2,1H3,(H,26,27). The maximum atomic E-state index is 13.0. The molecule has 0 aliphatic carbocycles. The topological polar surface area (TPSA) is 56.8 Å². The van der Waals surface area contributed by atoms with Crippen molar-refractivity contribution in [2.75, 3.05) is 13.2 Å². The average Bonchev–Trinajstić information content (AvgIpc) is 2.78. The van der Waals surface area contributed by atoms with Gasteiger partial charge in [0, 0.05) is 5.02 Å². The van der Waals surface area contributed by atoms with E-state index in [0.29, 0.717) is 41.9 Å². The number of hydrogen-bond acceptors (Lipinski definition) is 4. The van der Waals surface area contributed by atoms with Crippen LogP contribution >= 0.6 is 11.6 Å². The van der Waals surface area contributed by atoms with Gasteiger partial charge in [0.1, 0.15) is 25.6 Å². The van der Waals surface area contributed by atoms with Gasteiger partial charge in [0.15, 0.2) is 11.5 Å². The minimum Gasteiger partial charge on any atom is -0.488 e. The Morgan fingerprint density at radius 2 is 1.80 bits per heavy atom. The molecule has 6 heteroatoms. The molecule has 0 fully saturated rings. The first kappa shape index (κ1) is 20.1. The number of nitrogens with one attached hydrogen (secondary N) is 1. The molecule has 4 rings (SSSR count). The zero-order chi connectivity index (χ0) is 20.9. The molecule has 1 N–H and O–H groups in total. The summed E-state index contributed by atoms with van der Waals surface area (Å²) in [6.45, 7) is 3.33. The van der Waals surface area contributed by atoms with E-state index in [1.165, 1.54) is 0 Å². The van der Waals surface area contributed by atoms with Gasteiger partial charge in [-0.1, -0.05) is 48.0 Å². The Morgan fingerprint density at radius 3 is 2.60 bits per heavy atom. The lowest BCUT2D eigenvalue weighted by atomic mass is 10.1. The summed E-state index contributed by atoms with van der Waals surface area (Å²) in [6, 6.07) is 20.3. The molecular formula is C24H22ClNO4. The number of halogens is 1. The van der Waals surface area contributed by atoms with Gasteiger partial charge in [-0.2, -0.15) is 0 Å². The molecule has 30 heavy (non-hydrogen) atoms. The van der Waals surface area contributed by atoms with Gasteiger partial charge < -0.3 is 19.5 Å². The van der Waals surface area contributed by atoms with Gasteiger partial charge in [0.05, 0.1) is 11.6 Å². The second-order valence-corrected chi connectivity index (χ2v) is 7.45. The van der Waals surface area contributed by atoms with Crippen molar-refractivity contribution in [2.24, 2.45) is 0 Å². The summed E-state index contributed by atoms with van der Waals surface area (Å²) in [5.74, 6) is 1.63. The van der Waals surface area contributed by atoms with E-state index in [1.807, 2.05) is 55.5 Å². The van der Waals surface area contributed by atoms with E-state index in [-0.39, 0.29) is 11.9 Å². The van der Waals surface area contributed by atoms with Crippen molar-refractivity contribution in [2.45, 2.75) is 19.6 Å². The predicted octanol–water partition coefficient (Wildman–Crippen LogP) is 5.18. The van der Waals surface area contributed by atoms with Crippen molar-refractivity contribution in [3.05, 3.63) is 88.4 Å². The summed E-state index contributed by atoms with van der Waals surface area (Å²) in [5, 5.41) is 3.48. The van der Waals surface area contributed by atoms with Crippen LogP contribution < -0.4 is 19.5 Å². The Kier molecular flexibility index (Phi) is 6.10. The van der Waals surface area contributed by atoms with Crippen molar-refractivity contribution < 1.29 is 19.0 Å². The summed E-state index contributed by atoms with van der Waals surface area (Å²) in [4.78, 5) is 13.0. The number of benzene rings is 3. The third-order valence-electron chi connectivity index (χ3n) is 4.84. The van der Waals surface area contributed by atoms with Gasteiger partial charge in [-0.3, -0.25) is 4.79 Å². The number of carbonyl (C=O) groups excluding carboxylic acids is 1. The van der Waals surface area contributed by atoms with Crippen LogP contribution in [0.15, 0.2) is 66.7 Å². The van der Waals surface area contributed by atoms with Crippen LogP contribution in [0.4, 0.5) is 0 Å². The normalized spacial score (nSPS) is 13.4. The van der Waals surface area contributed by atoms with Crippen LogP contribution in [0.1, 0.15) is 34.5 Å². The molecule has 5 nitrogen and oxygen atoms in total. The summed E-state index contributed by atoms with van der Waals surface area (Å²) < 4.78 is 17.1. The molecule has 3 aromatic carbocycles. The lowest BCUT2D eigenvalue weighted by Crippen LogP contribution is -2.27. The van der Waals surface area contributed by atoms with E-state index in [0.717, 1.165) is 16.9 Å². The Morgan fingerprint density at radius 1 is 1.03 bits per heavy atom. The van der Waals surface area contributed by atoms with Crippen molar-refractivity contribution >= 4 is 17.5 Å². The van der Waals surface area contributed by atoms with Gasteiger partial charge in [0.2, 0.25) is 0 Å². The molecule has 1 aliphatic heterocycles. The van der Waals surface area contributed by atoms with E-state index in [1.54, 1.807) is 18.2 Å². The van der Waals surface area contributed by atoms with Crippen LogP contribution in [-0.4, -0.2) is 19.1 Å². The Bertz CT molecular complexity index is 1040. The smallest absolute Gasteiger partial charge is 0.255 e. The summed E-state index contributed by atoms with van der Waals surface area (Å²) in [7, 11) is 0. The lowest BCUT2D eigenvalue weighted by molar-refractivity contribution is 0.0935. The maximum Gasteiger partial charge on any atom is 0.255 e. The molecular weight excluding hydrogens is 402 g/mol. The van der Waals surface area contributed by atoms with Crippen LogP contribution in [-0.2, 0) is 6.61 Å². The van der Waals surface area contributed by atoms with Crippen LogP contribution in [0.5, 0.6) is 17.2 Å². The summed E-state index contributed by atoms with van der Waals surface area (Å²) >= 11 is 6.15. The fraction of sp³-hybridized carbons (Fsp3) is 0.208. The van der Waals surface area contributed by atoms with Crippen LogP contribution in [0.25, 0.3) is 0 Å². The van der Waals surface area contributed by atoms with Crippen molar-refractivity contribution in [3.63, 3.8) is 0 Å². The highest BCUT2D eigenvalue weighted by Gasteiger charge is 2.19. The molecule has 154 valence electrons. The van der Waals surface area contributed by atoms with Crippen molar-refractivity contribution in [1.82, 2.24) is 5.32 Å². The SMILES string of the molecule is CC(NC(=O)c1cc(Cl)ccc1OCc1ccccc1)c1ccc2c(c1)OCCO2. The Labute approximate surface area is 180 Å². The van der Waals surface area contributed by atoms with Gasteiger partial charge in [-0.25, -0.2) is 0 Å². The molecule has 0 aromatic heterocycles. The number of amides is 1. The third kappa shape index (κ3) is 4.69. The first-order valence-electron chi connectivity index (χ1n) is 9.77. The molecule has 0 saturated heterocycles. The summed E-state index contributed by atoms with van der Waals surface area (Å²) in [6.07, 6.45) is 0. The molecule has 0 saturated carbocycles. The van der Waals surface area contributed by atoms with Crippen molar-refractivity contribution in [1.29, 1.82) is 0 Å². The second-order valence-electron chi connectivity index (χ2n) is 7.01.